The van der Waals surface area contributed by atoms with Gasteiger partial charge in [0.2, 0.25) is 0 Å². The summed E-state index contributed by atoms with van der Waals surface area (Å²) in [6, 6.07) is 3.11. The van der Waals surface area contributed by atoms with Crippen molar-refractivity contribution in [3.63, 3.8) is 0 Å². The van der Waals surface area contributed by atoms with Gasteiger partial charge in [-0.05, 0) is 25.5 Å². The summed E-state index contributed by atoms with van der Waals surface area (Å²) in [5.74, 6) is -0.580. The number of nitrogens with zero attached hydrogens (tertiary/aromatic N) is 1. The number of carboxylic acid groups (broad SMARTS) is 1. The molecule has 0 saturated carbocycles. The van der Waals surface area contributed by atoms with Crippen LogP contribution in [0.1, 0.15) is 37.0 Å². The summed E-state index contributed by atoms with van der Waals surface area (Å²) in [6.07, 6.45) is 0.846. The number of amides is 1. The standard InChI is InChI=1S/C18H24ClNO6/c1-3-5-7-26-16-13(19)9-12(10-14(16)24-4-2)17(21)20-6-8-25-15(11-20)18(22)23/h9-10,15H,3-8,11H2,1-2H3,(H,22,23). The molecule has 144 valence electrons. The molecule has 0 bridgehead atoms. The Labute approximate surface area is 157 Å². The molecule has 7 nitrogen and oxygen atoms in total. The summed E-state index contributed by atoms with van der Waals surface area (Å²) < 4.78 is 16.4. The molecule has 1 aliphatic rings. The molecule has 0 radical (unpaired) electrons. The van der Waals surface area contributed by atoms with Crippen molar-refractivity contribution >= 4 is 23.5 Å². The molecule has 1 saturated heterocycles. The lowest BCUT2D eigenvalue weighted by molar-refractivity contribution is -0.154. The molecule has 1 aromatic carbocycles. The van der Waals surface area contributed by atoms with Gasteiger partial charge in [-0.15, -0.1) is 0 Å². The first-order chi connectivity index (χ1) is 12.5. The average Bonchev–Trinajstić information content (AvgIpc) is 2.63. The lowest BCUT2D eigenvalue weighted by Gasteiger charge is -2.31. The van der Waals surface area contributed by atoms with Crippen molar-refractivity contribution in [1.82, 2.24) is 4.90 Å². The van der Waals surface area contributed by atoms with E-state index in [1.165, 1.54) is 11.0 Å². The van der Waals surface area contributed by atoms with E-state index >= 15 is 0 Å². The van der Waals surface area contributed by atoms with Crippen molar-refractivity contribution in [1.29, 1.82) is 0 Å². The molecule has 1 atom stereocenters. The van der Waals surface area contributed by atoms with Gasteiger partial charge in [0.15, 0.2) is 17.6 Å². The van der Waals surface area contributed by atoms with E-state index in [4.69, 9.17) is 30.9 Å². The largest absolute Gasteiger partial charge is 0.490 e. The summed E-state index contributed by atoms with van der Waals surface area (Å²) in [5.41, 5.74) is 0.326. The third-order valence-corrected chi connectivity index (χ3v) is 4.21. The van der Waals surface area contributed by atoms with Gasteiger partial charge in [0.05, 0.1) is 31.4 Å². The van der Waals surface area contributed by atoms with Crippen LogP contribution in [0.15, 0.2) is 12.1 Å². The van der Waals surface area contributed by atoms with Crippen molar-refractivity contribution < 1.29 is 28.9 Å². The maximum atomic E-state index is 12.8. The molecule has 0 aromatic heterocycles. The van der Waals surface area contributed by atoms with Gasteiger partial charge in [-0.25, -0.2) is 4.79 Å². The molecule has 26 heavy (non-hydrogen) atoms. The first kappa shape index (κ1) is 20.3. The molecule has 0 aliphatic carbocycles. The van der Waals surface area contributed by atoms with Crippen LogP contribution in [-0.2, 0) is 9.53 Å². The topological polar surface area (TPSA) is 85.3 Å². The first-order valence-corrected chi connectivity index (χ1v) is 9.08. The van der Waals surface area contributed by atoms with Crippen LogP contribution in [0.4, 0.5) is 0 Å². The zero-order chi connectivity index (χ0) is 19.1. The van der Waals surface area contributed by atoms with Gasteiger partial charge in [0, 0.05) is 12.1 Å². The maximum absolute atomic E-state index is 12.8. The van der Waals surface area contributed by atoms with Gasteiger partial charge in [-0.3, -0.25) is 4.79 Å². The smallest absolute Gasteiger partial charge is 0.334 e. The SMILES string of the molecule is CCCCOc1c(Cl)cc(C(=O)N2CCOC(C(=O)O)C2)cc1OCC. The molecule has 1 amide bonds. The molecule has 8 heteroatoms. The van der Waals surface area contributed by atoms with Crippen molar-refractivity contribution in [2.75, 3.05) is 32.9 Å². The Hall–Kier alpha value is -1.99. The summed E-state index contributed by atoms with van der Waals surface area (Å²) in [7, 11) is 0. The van der Waals surface area contributed by atoms with Crippen LogP contribution in [-0.4, -0.2) is 60.9 Å². The third kappa shape index (κ3) is 5.02. The predicted octanol–water partition coefficient (Wildman–Crippen LogP) is 2.84. The number of hydrogen-bond donors (Lipinski definition) is 1. The highest BCUT2D eigenvalue weighted by Crippen LogP contribution is 2.37. The van der Waals surface area contributed by atoms with Crippen molar-refractivity contribution in [2.24, 2.45) is 0 Å². The number of aliphatic carboxylic acids is 1. The molecular weight excluding hydrogens is 362 g/mol. The highest BCUT2D eigenvalue weighted by atomic mass is 35.5. The van der Waals surface area contributed by atoms with Crippen LogP contribution in [0, 0.1) is 0 Å². The van der Waals surface area contributed by atoms with Crippen LogP contribution in [0.25, 0.3) is 0 Å². The van der Waals surface area contributed by atoms with E-state index in [1.807, 2.05) is 6.92 Å². The molecule has 1 fully saturated rings. The molecule has 1 heterocycles. The second-order valence-corrected chi connectivity index (χ2v) is 6.28. The van der Waals surface area contributed by atoms with E-state index in [0.29, 0.717) is 41.8 Å². The Morgan fingerprint density at radius 2 is 2.12 bits per heavy atom. The molecule has 2 rings (SSSR count). The minimum atomic E-state index is -1.09. The second-order valence-electron chi connectivity index (χ2n) is 5.87. The van der Waals surface area contributed by atoms with Crippen LogP contribution < -0.4 is 9.47 Å². The fourth-order valence-corrected chi connectivity index (χ4v) is 2.84. The number of carboxylic acids is 1. The van der Waals surface area contributed by atoms with Crippen LogP contribution >= 0.6 is 11.6 Å². The number of carbonyl (C=O) groups excluding carboxylic acids is 1. The molecular formula is C18H24ClNO6. The highest BCUT2D eigenvalue weighted by molar-refractivity contribution is 6.32. The van der Waals surface area contributed by atoms with E-state index in [0.717, 1.165) is 12.8 Å². The lowest BCUT2D eigenvalue weighted by atomic mass is 10.1. The van der Waals surface area contributed by atoms with Gasteiger partial charge >= 0.3 is 5.97 Å². The Kier molecular flexibility index (Phi) is 7.53. The zero-order valence-corrected chi connectivity index (χ0v) is 15.8. The van der Waals surface area contributed by atoms with E-state index in [2.05, 4.69) is 6.92 Å². The number of carbonyl (C=O) groups is 2. The molecule has 1 unspecified atom stereocenters. The number of unbranched alkanes of at least 4 members (excludes halogenated alkanes) is 1. The highest BCUT2D eigenvalue weighted by Gasteiger charge is 2.30. The fourth-order valence-electron chi connectivity index (χ4n) is 2.58. The molecule has 1 aromatic rings. The lowest BCUT2D eigenvalue weighted by Crippen LogP contribution is -2.48. The zero-order valence-electron chi connectivity index (χ0n) is 15.0. The Bertz CT molecular complexity index is 651. The van der Waals surface area contributed by atoms with Gasteiger partial charge in [0.25, 0.3) is 5.91 Å². The number of ether oxygens (including phenoxy) is 3. The van der Waals surface area contributed by atoms with Crippen LogP contribution in [0.3, 0.4) is 0 Å². The Morgan fingerprint density at radius 3 is 2.77 bits per heavy atom. The van der Waals surface area contributed by atoms with E-state index in [1.54, 1.807) is 6.07 Å². The number of rotatable bonds is 8. The van der Waals surface area contributed by atoms with Crippen molar-refractivity contribution in [3.05, 3.63) is 22.7 Å². The second kappa shape index (κ2) is 9.64. The Morgan fingerprint density at radius 1 is 1.35 bits per heavy atom. The average molecular weight is 386 g/mol. The quantitative estimate of drug-likeness (QED) is 0.692. The number of halogens is 1. The summed E-state index contributed by atoms with van der Waals surface area (Å²) in [4.78, 5) is 25.3. The molecule has 0 spiro atoms. The van der Waals surface area contributed by atoms with Crippen LogP contribution in [0.5, 0.6) is 11.5 Å². The number of hydrogen-bond acceptors (Lipinski definition) is 5. The van der Waals surface area contributed by atoms with Gasteiger partial charge in [0.1, 0.15) is 0 Å². The predicted molar refractivity (Wildman–Crippen MR) is 96.3 cm³/mol. The van der Waals surface area contributed by atoms with E-state index in [-0.39, 0.29) is 19.1 Å². The van der Waals surface area contributed by atoms with E-state index < -0.39 is 12.1 Å². The van der Waals surface area contributed by atoms with Crippen molar-refractivity contribution in [3.8, 4) is 11.5 Å². The number of morpholine rings is 1. The first-order valence-electron chi connectivity index (χ1n) is 8.70. The molecule has 1 N–H and O–H groups in total. The fraction of sp³-hybridized carbons (Fsp3) is 0.556. The normalized spacial score (nSPS) is 17.0. The van der Waals surface area contributed by atoms with Crippen LogP contribution in [0.2, 0.25) is 5.02 Å². The summed E-state index contributed by atoms with van der Waals surface area (Å²) in [5, 5.41) is 9.38. The minimum Gasteiger partial charge on any atom is -0.490 e. The summed E-state index contributed by atoms with van der Waals surface area (Å²) in [6.45, 7) is 5.28. The van der Waals surface area contributed by atoms with E-state index in [9.17, 15) is 9.59 Å². The number of benzene rings is 1. The third-order valence-electron chi connectivity index (χ3n) is 3.93. The Balaban J connectivity index is 2.22. The van der Waals surface area contributed by atoms with Gasteiger partial charge < -0.3 is 24.2 Å². The van der Waals surface area contributed by atoms with Gasteiger partial charge in [-0.1, -0.05) is 24.9 Å². The van der Waals surface area contributed by atoms with Gasteiger partial charge in [-0.2, -0.15) is 0 Å². The maximum Gasteiger partial charge on any atom is 0.334 e. The summed E-state index contributed by atoms with van der Waals surface area (Å²) >= 11 is 6.32. The monoisotopic (exact) mass is 385 g/mol. The van der Waals surface area contributed by atoms with Crippen molar-refractivity contribution in [2.45, 2.75) is 32.8 Å². The molecule has 1 aliphatic heterocycles. The minimum absolute atomic E-state index is 0.00942.